The van der Waals surface area contributed by atoms with Crippen molar-refractivity contribution in [2.45, 2.75) is 46.6 Å². The zero-order valence-electron chi connectivity index (χ0n) is 18.2. The van der Waals surface area contributed by atoms with Crippen LogP contribution in [0, 0.1) is 6.42 Å². The van der Waals surface area contributed by atoms with Crippen LogP contribution in [0.25, 0.3) is 0 Å². The summed E-state index contributed by atoms with van der Waals surface area (Å²) in [6, 6.07) is 3.82. The molecule has 0 spiro atoms. The van der Waals surface area contributed by atoms with E-state index in [1.807, 2.05) is 24.9 Å². The molecule has 2 aromatic rings. The number of nitrogens with one attached hydrogen (secondary N) is 2. The predicted octanol–water partition coefficient (Wildman–Crippen LogP) is 2.00. The zero-order chi connectivity index (χ0) is 22.3. The van der Waals surface area contributed by atoms with E-state index in [0.29, 0.717) is 42.4 Å². The first-order valence-corrected chi connectivity index (χ1v) is 9.99. The second-order valence-electron chi connectivity index (χ2n) is 7.10. The maximum atomic E-state index is 12.0. The Hall–Kier alpha value is -3.23. The van der Waals surface area contributed by atoms with Gasteiger partial charge >= 0.3 is 0 Å². The fraction of sp³-hybridized carbons (Fsp3) is 0.429. The molecule has 0 saturated heterocycles. The van der Waals surface area contributed by atoms with Gasteiger partial charge in [0.2, 0.25) is 5.91 Å². The molecule has 4 N–H and O–H groups in total. The Labute approximate surface area is 177 Å². The number of aromatic nitrogens is 3. The molecule has 0 atom stereocenters. The van der Waals surface area contributed by atoms with Crippen LogP contribution in [-0.2, 0) is 17.6 Å². The number of amides is 2. The first-order chi connectivity index (χ1) is 14.3. The van der Waals surface area contributed by atoms with Gasteiger partial charge < -0.3 is 21.3 Å². The molecule has 30 heavy (non-hydrogen) atoms. The number of primary amides is 1. The van der Waals surface area contributed by atoms with Crippen LogP contribution in [0.1, 0.15) is 49.6 Å². The summed E-state index contributed by atoms with van der Waals surface area (Å²) < 4.78 is 0. The number of pyridine rings is 1. The second-order valence-corrected chi connectivity index (χ2v) is 7.10. The van der Waals surface area contributed by atoms with Gasteiger partial charge in [0.15, 0.2) is 17.3 Å². The molecule has 0 aliphatic rings. The van der Waals surface area contributed by atoms with Gasteiger partial charge in [-0.05, 0) is 32.4 Å². The van der Waals surface area contributed by atoms with Crippen molar-refractivity contribution < 1.29 is 9.59 Å². The summed E-state index contributed by atoms with van der Waals surface area (Å²) in [5.74, 6) is 0.232. The second kappa shape index (κ2) is 10.5. The fourth-order valence-electron chi connectivity index (χ4n) is 2.73. The van der Waals surface area contributed by atoms with Crippen LogP contribution in [0.4, 0.5) is 17.3 Å². The molecule has 0 fully saturated rings. The molecule has 0 unspecified atom stereocenters. The number of nitrogens with two attached hydrogens (primary N) is 1. The van der Waals surface area contributed by atoms with E-state index in [0.717, 1.165) is 5.69 Å². The van der Waals surface area contributed by atoms with E-state index in [4.69, 9.17) is 5.73 Å². The SMILES string of the molecule is C[CH]C(=O)NCCc1cc(Nc2nc(N(C)C(C)C)c(CC)nc2C(N)=O)ccn1. The Balaban J connectivity index is 2.32. The monoisotopic (exact) mass is 412 g/mol. The van der Waals surface area contributed by atoms with Crippen LogP contribution in [0.3, 0.4) is 0 Å². The minimum Gasteiger partial charge on any atom is -0.364 e. The quantitative estimate of drug-likeness (QED) is 0.545. The first kappa shape index (κ1) is 23.1. The van der Waals surface area contributed by atoms with E-state index < -0.39 is 5.91 Å². The summed E-state index contributed by atoms with van der Waals surface area (Å²) in [6.45, 7) is 8.23. The van der Waals surface area contributed by atoms with Gasteiger partial charge in [0.05, 0.1) is 5.69 Å². The highest BCUT2D eigenvalue weighted by atomic mass is 16.2. The summed E-state index contributed by atoms with van der Waals surface area (Å²) in [4.78, 5) is 38.8. The molecule has 0 aliphatic carbocycles. The van der Waals surface area contributed by atoms with Crippen molar-refractivity contribution in [1.82, 2.24) is 20.3 Å². The number of hydrogen-bond acceptors (Lipinski definition) is 7. The average molecular weight is 413 g/mol. The largest absolute Gasteiger partial charge is 0.364 e. The maximum absolute atomic E-state index is 12.0. The van der Waals surface area contributed by atoms with Crippen molar-refractivity contribution in [2.75, 3.05) is 23.8 Å². The van der Waals surface area contributed by atoms with Crippen molar-refractivity contribution in [3.05, 3.63) is 41.8 Å². The minimum atomic E-state index is -0.647. The number of carbonyl (C=O) groups is 2. The van der Waals surface area contributed by atoms with Gasteiger partial charge in [-0.1, -0.05) is 13.8 Å². The highest BCUT2D eigenvalue weighted by Crippen LogP contribution is 2.25. The number of anilines is 3. The number of aryl methyl sites for hydroxylation is 1. The van der Waals surface area contributed by atoms with E-state index in [1.165, 1.54) is 6.42 Å². The third-order valence-electron chi connectivity index (χ3n) is 4.65. The van der Waals surface area contributed by atoms with E-state index in [1.54, 1.807) is 19.2 Å². The third-order valence-corrected chi connectivity index (χ3v) is 4.65. The highest BCUT2D eigenvalue weighted by molar-refractivity contribution is 5.96. The summed E-state index contributed by atoms with van der Waals surface area (Å²) in [6.07, 6.45) is 4.32. The van der Waals surface area contributed by atoms with Gasteiger partial charge in [0.1, 0.15) is 0 Å². The standard InChI is InChI=1S/C21H30N7O2/c1-6-16-21(28(5)13(3)4)27-20(18(26-16)19(22)30)25-15-9-10-23-14(12-15)8-11-24-17(29)7-2/h7,9-10,12-13H,6,8,11H2,1-5H3,(H2,22,30)(H,24,29)(H,23,25,27). The smallest absolute Gasteiger partial charge is 0.271 e. The zero-order valence-corrected chi connectivity index (χ0v) is 18.2. The van der Waals surface area contributed by atoms with Crippen LogP contribution in [0.2, 0.25) is 0 Å². The lowest BCUT2D eigenvalue weighted by molar-refractivity contribution is -0.117. The van der Waals surface area contributed by atoms with Crippen molar-refractivity contribution in [2.24, 2.45) is 5.73 Å². The van der Waals surface area contributed by atoms with Crippen LogP contribution in [-0.4, -0.2) is 46.4 Å². The molecular weight excluding hydrogens is 382 g/mol. The molecule has 0 saturated carbocycles. The van der Waals surface area contributed by atoms with Crippen molar-refractivity contribution in [3.8, 4) is 0 Å². The molecule has 0 aliphatic heterocycles. The van der Waals surface area contributed by atoms with E-state index in [2.05, 4.69) is 39.4 Å². The van der Waals surface area contributed by atoms with Crippen LogP contribution in [0.15, 0.2) is 18.3 Å². The van der Waals surface area contributed by atoms with Crippen molar-refractivity contribution in [1.29, 1.82) is 0 Å². The van der Waals surface area contributed by atoms with Gasteiger partial charge in [0, 0.05) is 50.1 Å². The summed E-state index contributed by atoms with van der Waals surface area (Å²) in [7, 11) is 1.94. The molecular formula is C21H30N7O2. The Morgan fingerprint density at radius 3 is 2.63 bits per heavy atom. The number of carbonyl (C=O) groups excluding carboxylic acids is 2. The average Bonchev–Trinajstić information content (AvgIpc) is 2.72. The first-order valence-electron chi connectivity index (χ1n) is 9.99. The van der Waals surface area contributed by atoms with Crippen molar-refractivity contribution in [3.63, 3.8) is 0 Å². The number of nitrogens with zero attached hydrogens (tertiary/aromatic N) is 4. The molecule has 2 aromatic heterocycles. The van der Waals surface area contributed by atoms with Crippen LogP contribution >= 0.6 is 0 Å². The normalized spacial score (nSPS) is 10.7. The lowest BCUT2D eigenvalue weighted by Crippen LogP contribution is -2.29. The number of hydrogen-bond donors (Lipinski definition) is 3. The van der Waals surface area contributed by atoms with Crippen molar-refractivity contribution >= 4 is 29.1 Å². The molecule has 0 bridgehead atoms. The topological polar surface area (TPSA) is 126 Å². The van der Waals surface area contributed by atoms with Crippen LogP contribution < -0.4 is 21.3 Å². The van der Waals surface area contributed by atoms with E-state index in [-0.39, 0.29) is 17.6 Å². The lowest BCUT2D eigenvalue weighted by atomic mass is 10.2. The molecule has 2 rings (SSSR count). The third kappa shape index (κ3) is 5.88. The van der Waals surface area contributed by atoms with Crippen LogP contribution in [0.5, 0.6) is 0 Å². The summed E-state index contributed by atoms with van der Waals surface area (Å²) in [5.41, 5.74) is 7.86. The molecule has 2 heterocycles. The molecule has 9 nitrogen and oxygen atoms in total. The van der Waals surface area contributed by atoms with E-state index in [9.17, 15) is 9.59 Å². The van der Waals surface area contributed by atoms with Gasteiger partial charge in [-0.15, -0.1) is 0 Å². The number of rotatable bonds is 10. The Morgan fingerprint density at radius 2 is 2.03 bits per heavy atom. The Kier molecular flexibility index (Phi) is 8.08. The van der Waals surface area contributed by atoms with Gasteiger partial charge in [-0.2, -0.15) is 0 Å². The molecule has 0 aromatic carbocycles. The summed E-state index contributed by atoms with van der Waals surface area (Å²) >= 11 is 0. The van der Waals surface area contributed by atoms with Gasteiger partial charge in [-0.3, -0.25) is 14.6 Å². The lowest BCUT2D eigenvalue weighted by Gasteiger charge is -2.25. The molecule has 1 radical (unpaired) electrons. The Bertz CT molecular complexity index is 899. The van der Waals surface area contributed by atoms with E-state index >= 15 is 0 Å². The maximum Gasteiger partial charge on any atom is 0.271 e. The summed E-state index contributed by atoms with van der Waals surface area (Å²) in [5, 5.41) is 5.93. The van der Waals surface area contributed by atoms with Gasteiger partial charge in [-0.25, -0.2) is 9.97 Å². The predicted molar refractivity (Wildman–Crippen MR) is 118 cm³/mol. The fourth-order valence-corrected chi connectivity index (χ4v) is 2.73. The molecule has 161 valence electrons. The molecule has 2 amide bonds. The highest BCUT2D eigenvalue weighted by Gasteiger charge is 2.20. The Morgan fingerprint density at radius 1 is 1.30 bits per heavy atom. The minimum absolute atomic E-state index is 0.0943. The molecule has 9 heteroatoms. The van der Waals surface area contributed by atoms with Gasteiger partial charge in [0.25, 0.3) is 5.91 Å².